The van der Waals surface area contributed by atoms with Crippen LogP contribution in [0.5, 0.6) is 5.75 Å². The zero-order valence-electron chi connectivity index (χ0n) is 35.9. The molecule has 18 heteroatoms. The molecular formula is C46H50ClN9O8. The molecule has 2 saturated heterocycles. The summed E-state index contributed by atoms with van der Waals surface area (Å²) in [6.45, 7) is 6.70. The second-order valence-electron chi connectivity index (χ2n) is 17.3. The zero-order chi connectivity index (χ0) is 44.8. The van der Waals surface area contributed by atoms with Gasteiger partial charge in [-0.3, -0.25) is 43.9 Å². The van der Waals surface area contributed by atoms with Crippen LogP contribution >= 0.6 is 11.6 Å². The summed E-state index contributed by atoms with van der Waals surface area (Å²) in [5.74, 6) is -1.24. The molecule has 2 aromatic carbocycles. The molecule has 17 nitrogen and oxygen atoms in total. The number of pyridine rings is 1. The number of aromatic nitrogens is 3. The largest absolute Gasteiger partial charge is 0.478 e. The van der Waals surface area contributed by atoms with E-state index in [4.69, 9.17) is 26.1 Å². The fraction of sp³-hybridized carbons (Fsp3) is 0.435. The van der Waals surface area contributed by atoms with E-state index in [1.807, 2.05) is 38.1 Å². The molecule has 6 heterocycles. The zero-order valence-corrected chi connectivity index (χ0v) is 36.7. The standard InChI is InChI=1S/C46H50ClN9O8/c1-25(2)55-36-7-5-29(18-28(36)20-38(45(55)62)63-24-40(58)48-3)50-41-35(47)23-49-46(52-41)54-16-12-31(13-17-54)64-32-21-30(22-32)53-14-10-26(11-15-53)27-4-6-33-34(19-27)44(61)56(43(33)60)37-8-9-39(57)51-42(37)59/h4-7,10,18-20,23,25,30-32,37H,8-9,11-17,21-22,24H2,1-3H3,(H,48,58)(H,49,50,52)(H,51,57,59)/t30?,32?,37-/m1/s1. The summed E-state index contributed by atoms with van der Waals surface area (Å²) in [5.41, 5.74) is 3.72. The third kappa shape index (κ3) is 8.46. The molecule has 9 rings (SSSR count). The van der Waals surface area contributed by atoms with E-state index >= 15 is 0 Å². The van der Waals surface area contributed by atoms with Gasteiger partial charge in [-0.25, -0.2) is 4.98 Å². The van der Waals surface area contributed by atoms with Crippen molar-refractivity contribution in [1.82, 2.24) is 35.0 Å². The van der Waals surface area contributed by atoms with Crippen molar-refractivity contribution >= 4 is 75.1 Å². The van der Waals surface area contributed by atoms with Crippen LogP contribution < -0.4 is 31.1 Å². The number of halogens is 1. The number of imide groups is 2. The smallest absolute Gasteiger partial charge is 0.293 e. The molecule has 64 heavy (non-hydrogen) atoms. The lowest BCUT2D eigenvalue weighted by atomic mass is 9.86. The van der Waals surface area contributed by atoms with E-state index in [1.54, 1.807) is 29.0 Å². The van der Waals surface area contributed by atoms with Crippen molar-refractivity contribution in [2.75, 3.05) is 50.1 Å². The van der Waals surface area contributed by atoms with Crippen molar-refractivity contribution in [2.24, 2.45) is 0 Å². The molecule has 5 amide bonds. The van der Waals surface area contributed by atoms with Crippen LogP contribution in [0.2, 0.25) is 5.02 Å². The SMILES string of the molecule is CNC(=O)COc1cc2cc(Nc3nc(N4CCC(OC5CC(N6CC=C(c7ccc8c(c7)C(=O)N([C@@H]7CCC(=O)NC7=O)C8=O)CC6)C5)CC4)ncc3Cl)ccc2n(C(C)C)c1=O. The number of benzene rings is 2. The number of hydrogen-bond donors (Lipinski definition) is 3. The molecule has 0 spiro atoms. The second kappa shape index (κ2) is 17.8. The van der Waals surface area contributed by atoms with Gasteiger partial charge in [0.1, 0.15) is 11.1 Å². The highest BCUT2D eigenvalue weighted by atomic mass is 35.5. The molecule has 5 aliphatic rings. The molecular weight excluding hydrogens is 842 g/mol. The first-order chi connectivity index (χ1) is 30.8. The molecule has 2 aromatic heterocycles. The van der Waals surface area contributed by atoms with Crippen molar-refractivity contribution < 1.29 is 33.4 Å². The van der Waals surface area contributed by atoms with Crippen molar-refractivity contribution in [2.45, 2.75) is 89.1 Å². The number of amides is 5. The Bertz CT molecular complexity index is 2650. The normalized spacial score (nSPS) is 21.8. The molecule has 0 unspecified atom stereocenters. The number of piperidine rings is 2. The average molecular weight is 892 g/mol. The molecule has 1 atom stereocenters. The maximum atomic E-state index is 13.4. The molecule has 3 fully saturated rings. The van der Waals surface area contributed by atoms with Crippen LogP contribution in [0.1, 0.15) is 91.1 Å². The van der Waals surface area contributed by atoms with Crippen molar-refractivity contribution in [3.63, 3.8) is 0 Å². The summed E-state index contributed by atoms with van der Waals surface area (Å²) in [6.07, 6.45) is 8.80. The molecule has 4 aromatic rings. The minimum absolute atomic E-state index is 0.0828. The van der Waals surface area contributed by atoms with Gasteiger partial charge in [-0.1, -0.05) is 23.7 Å². The van der Waals surface area contributed by atoms with Gasteiger partial charge in [0, 0.05) is 62.8 Å². The van der Waals surface area contributed by atoms with Crippen LogP contribution in [0.4, 0.5) is 17.5 Å². The lowest BCUT2D eigenvalue weighted by molar-refractivity contribution is -0.136. The number of nitrogens with zero attached hydrogens (tertiary/aromatic N) is 6. The second-order valence-corrected chi connectivity index (χ2v) is 17.7. The van der Waals surface area contributed by atoms with Crippen LogP contribution in [0, 0.1) is 0 Å². The number of fused-ring (bicyclic) bond motifs is 2. The van der Waals surface area contributed by atoms with E-state index in [2.05, 4.69) is 36.8 Å². The summed E-state index contributed by atoms with van der Waals surface area (Å²) < 4.78 is 13.8. The number of rotatable bonds is 12. The Balaban J connectivity index is 0.759. The predicted octanol–water partition coefficient (Wildman–Crippen LogP) is 4.60. The van der Waals surface area contributed by atoms with Crippen molar-refractivity contribution in [3.05, 3.63) is 86.8 Å². The highest BCUT2D eigenvalue weighted by Gasteiger charge is 2.45. The van der Waals surface area contributed by atoms with Gasteiger partial charge in [-0.15, -0.1) is 0 Å². The minimum Gasteiger partial charge on any atom is -0.478 e. The molecule has 3 N–H and O–H groups in total. The van der Waals surface area contributed by atoms with Gasteiger partial charge in [0.2, 0.25) is 17.8 Å². The topological polar surface area (TPSA) is 197 Å². The Labute approximate surface area is 374 Å². The maximum Gasteiger partial charge on any atom is 0.293 e. The van der Waals surface area contributed by atoms with Gasteiger partial charge in [0.15, 0.2) is 18.2 Å². The lowest BCUT2D eigenvalue weighted by Gasteiger charge is -2.45. The van der Waals surface area contributed by atoms with E-state index in [0.29, 0.717) is 34.1 Å². The van der Waals surface area contributed by atoms with E-state index in [1.165, 1.54) is 7.05 Å². The van der Waals surface area contributed by atoms with Gasteiger partial charge < -0.3 is 29.6 Å². The minimum atomic E-state index is -0.984. The Hall–Kier alpha value is -6.17. The Morgan fingerprint density at radius 3 is 2.44 bits per heavy atom. The number of hydrogen-bond acceptors (Lipinski definition) is 13. The summed E-state index contributed by atoms with van der Waals surface area (Å²) in [5, 5.41) is 9.17. The van der Waals surface area contributed by atoms with E-state index in [0.717, 1.165) is 85.2 Å². The van der Waals surface area contributed by atoms with Gasteiger partial charge >= 0.3 is 0 Å². The van der Waals surface area contributed by atoms with Crippen LogP contribution in [0.15, 0.2) is 59.5 Å². The first-order valence-electron chi connectivity index (χ1n) is 21.9. The van der Waals surface area contributed by atoms with Crippen LogP contribution in [0.25, 0.3) is 16.5 Å². The van der Waals surface area contributed by atoms with Crippen molar-refractivity contribution in [1.29, 1.82) is 0 Å². The van der Waals surface area contributed by atoms with Gasteiger partial charge in [0.05, 0.1) is 35.0 Å². The molecule has 0 radical (unpaired) electrons. The highest BCUT2D eigenvalue weighted by molar-refractivity contribution is 6.33. The number of anilines is 3. The lowest BCUT2D eigenvalue weighted by Crippen LogP contribution is -2.54. The monoisotopic (exact) mass is 891 g/mol. The third-order valence-corrected chi connectivity index (χ3v) is 13.2. The van der Waals surface area contributed by atoms with Gasteiger partial charge in [0.25, 0.3) is 23.3 Å². The Morgan fingerprint density at radius 2 is 1.72 bits per heavy atom. The first kappa shape index (κ1) is 43.1. The van der Waals surface area contributed by atoms with E-state index in [-0.39, 0.29) is 60.5 Å². The van der Waals surface area contributed by atoms with Crippen LogP contribution in [0.3, 0.4) is 0 Å². The maximum absolute atomic E-state index is 13.4. The fourth-order valence-corrected chi connectivity index (χ4v) is 9.46. The number of carbonyl (C=O) groups is 5. The average Bonchev–Trinajstić information content (AvgIpc) is 3.52. The molecule has 4 aliphatic heterocycles. The first-order valence-corrected chi connectivity index (χ1v) is 22.2. The quantitative estimate of drug-likeness (QED) is 0.167. The highest BCUT2D eigenvalue weighted by Crippen LogP contribution is 2.36. The summed E-state index contributed by atoms with van der Waals surface area (Å²) in [7, 11) is 1.51. The van der Waals surface area contributed by atoms with Gasteiger partial charge in [-0.05, 0) is 99.9 Å². The molecule has 0 bridgehead atoms. The predicted molar refractivity (Wildman–Crippen MR) is 239 cm³/mol. The van der Waals surface area contributed by atoms with Crippen molar-refractivity contribution in [3.8, 4) is 5.75 Å². The summed E-state index contributed by atoms with van der Waals surface area (Å²) in [4.78, 5) is 90.7. The van der Waals surface area contributed by atoms with Crippen LogP contribution in [-0.2, 0) is 19.1 Å². The number of carbonyl (C=O) groups excluding carboxylic acids is 5. The Kier molecular flexibility index (Phi) is 12.0. The number of ether oxygens (including phenoxy) is 2. The number of likely N-dealkylation sites (N-methyl/N-ethyl adjacent to an activating group) is 1. The molecule has 1 saturated carbocycles. The summed E-state index contributed by atoms with van der Waals surface area (Å²) in [6, 6.07) is 11.9. The fourth-order valence-electron chi connectivity index (χ4n) is 9.33. The number of nitrogens with one attached hydrogen (secondary N) is 3. The van der Waals surface area contributed by atoms with Crippen LogP contribution in [-0.4, -0.2) is 118 Å². The molecule has 1 aliphatic carbocycles. The summed E-state index contributed by atoms with van der Waals surface area (Å²) >= 11 is 6.59. The Morgan fingerprint density at radius 1 is 0.938 bits per heavy atom. The van der Waals surface area contributed by atoms with E-state index in [9.17, 15) is 28.8 Å². The third-order valence-electron chi connectivity index (χ3n) is 12.9. The van der Waals surface area contributed by atoms with Gasteiger partial charge in [-0.2, -0.15) is 4.98 Å². The van der Waals surface area contributed by atoms with E-state index < -0.39 is 29.7 Å². The molecule has 334 valence electrons.